The first-order valence-corrected chi connectivity index (χ1v) is 11.1. The number of nitrogens with zero attached hydrogens (tertiary/aromatic N) is 1. The lowest BCUT2D eigenvalue weighted by Crippen LogP contribution is -2.35. The molecule has 2 N–H and O–H groups in total. The molecule has 7 heteroatoms. The van der Waals surface area contributed by atoms with Gasteiger partial charge in [0.2, 0.25) is 0 Å². The highest BCUT2D eigenvalue weighted by atomic mass is 32.2. The van der Waals surface area contributed by atoms with E-state index in [0.717, 1.165) is 31.5 Å². The number of hydrogen-bond donors (Lipinski definition) is 2. The first kappa shape index (κ1) is 20.2. The van der Waals surface area contributed by atoms with Crippen molar-refractivity contribution in [3.8, 4) is 0 Å². The Kier molecular flexibility index (Phi) is 6.24. The molecular weight excluding hydrogens is 374 g/mol. The standard InChI is InChI=1S/C21H27N3O3S/c1-16-7-8-17(2)20(15-16)28(26,27)23-19-11-9-18(10-12-19)22-21(25)24-13-5-3-4-6-14-24/h7-12,15,23H,3-6,13-14H2,1-2H3,(H,22,25). The summed E-state index contributed by atoms with van der Waals surface area (Å²) in [6, 6.07) is 12.0. The molecule has 28 heavy (non-hydrogen) atoms. The average Bonchev–Trinajstić information content (AvgIpc) is 2.94. The van der Waals surface area contributed by atoms with Crippen LogP contribution >= 0.6 is 0 Å². The molecule has 0 bridgehead atoms. The molecule has 1 aliphatic rings. The Bertz CT molecular complexity index is 932. The van der Waals surface area contributed by atoms with Crippen molar-refractivity contribution in [2.45, 2.75) is 44.4 Å². The van der Waals surface area contributed by atoms with Crippen molar-refractivity contribution >= 4 is 27.4 Å². The molecule has 0 unspecified atom stereocenters. The number of nitrogens with one attached hydrogen (secondary N) is 2. The van der Waals surface area contributed by atoms with Crippen LogP contribution < -0.4 is 10.0 Å². The second kappa shape index (κ2) is 8.65. The number of carbonyl (C=O) groups is 1. The van der Waals surface area contributed by atoms with Gasteiger partial charge < -0.3 is 10.2 Å². The van der Waals surface area contributed by atoms with E-state index in [4.69, 9.17) is 0 Å². The highest BCUT2D eigenvalue weighted by Crippen LogP contribution is 2.22. The molecule has 0 spiro atoms. The lowest BCUT2D eigenvalue weighted by Gasteiger charge is -2.20. The minimum Gasteiger partial charge on any atom is -0.325 e. The summed E-state index contributed by atoms with van der Waals surface area (Å²) in [5, 5.41) is 2.89. The molecule has 6 nitrogen and oxygen atoms in total. The molecule has 1 aliphatic heterocycles. The minimum absolute atomic E-state index is 0.106. The fourth-order valence-corrected chi connectivity index (χ4v) is 4.69. The van der Waals surface area contributed by atoms with Crippen molar-refractivity contribution < 1.29 is 13.2 Å². The summed E-state index contributed by atoms with van der Waals surface area (Å²) in [4.78, 5) is 14.5. The van der Waals surface area contributed by atoms with Crippen LogP contribution in [0.25, 0.3) is 0 Å². The van der Waals surface area contributed by atoms with Crippen LogP contribution in [0.3, 0.4) is 0 Å². The molecule has 0 saturated carbocycles. The van der Waals surface area contributed by atoms with Crippen LogP contribution in [0.5, 0.6) is 0 Å². The van der Waals surface area contributed by atoms with E-state index < -0.39 is 10.0 Å². The highest BCUT2D eigenvalue weighted by molar-refractivity contribution is 7.92. The van der Waals surface area contributed by atoms with Crippen LogP contribution in [0.15, 0.2) is 47.4 Å². The quantitative estimate of drug-likeness (QED) is 0.791. The first-order chi connectivity index (χ1) is 13.3. The molecule has 0 aromatic heterocycles. The Morgan fingerprint density at radius 1 is 0.893 bits per heavy atom. The minimum atomic E-state index is -3.67. The van der Waals surface area contributed by atoms with E-state index in [1.807, 2.05) is 17.9 Å². The van der Waals surface area contributed by atoms with Gasteiger partial charge in [-0.1, -0.05) is 25.0 Å². The van der Waals surface area contributed by atoms with Gasteiger partial charge in [-0.3, -0.25) is 4.72 Å². The summed E-state index contributed by atoms with van der Waals surface area (Å²) in [7, 11) is -3.67. The van der Waals surface area contributed by atoms with E-state index in [2.05, 4.69) is 10.0 Å². The number of urea groups is 1. The van der Waals surface area contributed by atoms with Gasteiger partial charge >= 0.3 is 6.03 Å². The number of amides is 2. The summed E-state index contributed by atoms with van der Waals surface area (Å²) >= 11 is 0. The van der Waals surface area contributed by atoms with E-state index in [1.165, 1.54) is 12.8 Å². The number of aryl methyl sites for hydroxylation is 2. The number of sulfonamides is 1. The van der Waals surface area contributed by atoms with Gasteiger partial charge in [0, 0.05) is 24.5 Å². The van der Waals surface area contributed by atoms with Crippen molar-refractivity contribution in [1.29, 1.82) is 0 Å². The van der Waals surface area contributed by atoms with Gasteiger partial charge in [-0.15, -0.1) is 0 Å². The summed E-state index contributed by atoms with van der Waals surface area (Å²) in [5.41, 5.74) is 2.68. The summed E-state index contributed by atoms with van der Waals surface area (Å²) < 4.78 is 28.0. The third-order valence-corrected chi connectivity index (χ3v) is 6.44. The molecule has 1 heterocycles. The number of benzene rings is 2. The number of carbonyl (C=O) groups excluding carboxylic acids is 1. The number of rotatable bonds is 4. The Morgan fingerprint density at radius 3 is 2.14 bits per heavy atom. The lowest BCUT2D eigenvalue weighted by molar-refractivity contribution is 0.214. The summed E-state index contributed by atoms with van der Waals surface area (Å²) in [5.74, 6) is 0. The molecule has 0 aliphatic carbocycles. The Labute approximate surface area is 167 Å². The molecule has 0 radical (unpaired) electrons. The van der Waals surface area contributed by atoms with Crippen molar-refractivity contribution in [2.75, 3.05) is 23.1 Å². The Balaban J connectivity index is 1.67. The zero-order chi connectivity index (χ0) is 20.1. The SMILES string of the molecule is Cc1ccc(C)c(S(=O)(=O)Nc2ccc(NC(=O)N3CCCCCC3)cc2)c1. The fourth-order valence-electron chi connectivity index (χ4n) is 3.30. The smallest absolute Gasteiger partial charge is 0.321 e. The van der Waals surface area contributed by atoms with Gasteiger partial charge in [-0.05, 0) is 68.1 Å². The second-order valence-electron chi connectivity index (χ2n) is 7.28. The summed E-state index contributed by atoms with van der Waals surface area (Å²) in [6.45, 7) is 5.19. The van der Waals surface area contributed by atoms with Crippen LogP contribution in [0.4, 0.5) is 16.2 Å². The fraction of sp³-hybridized carbons (Fsp3) is 0.381. The van der Waals surface area contributed by atoms with Gasteiger partial charge in [0.1, 0.15) is 0 Å². The Hall–Kier alpha value is -2.54. The number of hydrogen-bond acceptors (Lipinski definition) is 3. The van der Waals surface area contributed by atoms with Crippen molar-refractivity contribution in [3.63, 3.8) is 0 Å². The van der Waals surface area contributed by atoms with Gasteiger partial charge in [0.25, 0.3) is 10.0 Å². The molecule has 150 valence electrons. The molecule has 1 saturated heterocycles. The van der Waals surface area contributed by atoms with Crippen molar-refractivity contribution in [2.24, 2.45) is 0 Å². The second-order valence-corrected chi connectivity index (χ2v) is 8.93. The average molecular weight is 402 g/mol. The molecule has 2 amide bonds. The summed E-state index contributed by atoms with van der Waals surface area (Å²) in [6.07, 6.45) is 4.40. The number of anilines is 2. The monoisotopic (exact) mass is 401 g/mol. The highest BCUT2D eigenvalue weighted by Gasteiger charge is 2.18. The van der Waals surface area contributed by atoms with Gasteiger partial charge in [0.15, 0.2) is 0 Å². The molecular formula is C21H27N3O3S. The number of likely N-dealkylation sites (tertiary alicyclic amines) is 1. The predicted octanol–water partition coefficient (Wildman–Crippen LogP) is 4.51. The predicted molar refractivity (Wildman–Crippen MR) is 112 cm³/mol. The third-order valence-electron chi connectivity index (χ3n) is 4.91. The molecule has 2 aromatic carbocycles. The van der Waals surface area contributed by atoms with Gasteiger partial charge in [-0.2, -0.15) is 0 Å². The van der Waals surface area contributed by atoms with E-state index >= 15 is 0 Å². The van der Waals surface area contributed by atoms with Crippen molar-refractivity contribution in [3.05, 3.63) is 53.6 Å². The topological polar surface area (TPSA) is 78.5 Å². The van der Waals surface area contributed by atoms with Gasteiger partial charge in [-0.25, -0.2) is 13.2 Å². The van der Waals surface area contributed by atoms with E-state index in [9.17, 15) is 13.2 Å². The van der Waals surface area contributed by atoms with E-state index in [0.29, 0.717) is 16.9 Å². The first-order valence-electron chi connectivity index (χ1n) is 9.61. The lowest BCUT2D eigenvalue weighted by atomic mass is 10.2. The third kappa shape index (κ3) is 5.04. The van der Waals surface area contributed by atoms with Crippen LogP contribution in [-0.2, 0) is 10.0 Å². The van der Waals surface area contributed by atoms with Crippen molar-refractivity contribution in [1.82, 2.24) is 4.90 Å². The zero-order valence-corrected chi connectivity index (χ0v) is 17.2. The van der Waals surface area contributed by atoms with Crippen LogP contribution in [-0.4, -0.2) is 32.4 Å². The normalized spacial score (nSPS) is 15.0. The molecule has 3 rings (SSSR count). The zero-order valence-electron chi connectivity index (χ0n) is 16.4. The molecule has 1 fully saturated rings. The Morgan fingerprint density at radius 2 is 1.50 bits per heavy atom. The maximum Gasteiger partial charge on any atom is 0.321 e. The van der Waals surface area contributed by atoms with Gasteiger partial charge in [0.05, 0.1) is 4.90 Å². The van der Waals surface area contributed by atoms with E-state index in [1.54, 1.807) is 43.3 Å². The van der Waals surface area contributed by atoms with Crippen LogP contribution in [0.2, 0.25) is 0 Å². The van der Waals surface area contributed by atoms with Crippen LogP contribution in [0, 0.1) is 13.8 Å². The molecule has 2 aromatic rings. The van der Waals surface area contributed by atoms with Crippen LogP contribution in [0.1, 0.15) is 36.8 Å². The molecule has 0 atom stereocenters. The largest absolute Gasteiger partial charge is 0.325 e. The van der Waals surface area contributed by atoms with E-state index in [-0.39, 0.29) is 10.9 Å². The maximum absolute atomic E-state index is 12.7. The maximum atomic E-state index is 12.7.